The lowest BCUT2D eigenvalue weighted by Gasteiger charge is -2.07. The molecule has 7 nitrogen and oxygen atoms in total. The minimum Gasteiger partial charge on any atom is -0.497 e. The average Bonchev–Trinajstić information content (AvgIpc) is 3.01. The van der Waals surface area contributed by atoms with E-state index in [9.17, 15) is 4.79 Å². The number of hydrogen-bond acceptors (Lipinski definition) is 5. The molecule has 3 rings (SSSR count). The van der Waals surface area contributed by atoms with E-state index in [-0.39, 0.29) is 5.91 Å². The van der Waals surface area contributed by atoms with Gasteiger partial charge in [0.2, 0.25) is 0 Å². The van der Waals surface area contributed by atoms with Crippen LogP contribution in [0.15, 0.2) is 48.5 Å². The number of aryl methyl sites for hydroxylation is 1. The molecule has 0 bridgehead atoms. The van der Waals surface area contributed by atoms with E-state index >= 15 is 0 Å². The molecule has 1 heterocycles. The summed E-state index contributed by atoms with van der Waals surface area (Å²) in [5.74, 6) is 1.14. The molecule has 1 amide bonds. The zero-order valence-corrected chi connectivity index (χ0v) is 12.7. The van der Waals surface area contributed by atoms with Gasteiger partial charge in [0.05, 0.1) is 7.11 Å². The van der Waals surface area contributed by atoms with E-state index in [4.69, 9.17) is 4.74 Å². The number of carbonyl (C=O) groups is 1. The Balaban J connectivity index is 1.80. The van der Waals surface area contributed by atoms with E-state index in [2.05, 4.69) is 20.8 Å². The van der Waals surface area contributed by atoms with Gasteiger partial charge in [-0.15, -0.1) is 5.10 Å². The summed E-state index contributed by atoms with van der Waals surface area (Å²) in [7, 11) is 3.35. The van der Waals surface area contributed by atoms with Crippen LogP contribution in [0.4, 0.5) is 5.69 Å². The molecule has 7 heteroatoms. The van der Waals surface area contributed by atoms with Gasteiger partial charge in [-0.3, -0.25) is 4.79 Å². The molecule has 0 aliphatic heterocycles. The zero-order chi connectivity index (χ0) is 16.2. The molecule has 0 aliphatic carbocycles. The van der Waals surface area contributed by atoms with Crippen molar-refractivity contribution in [2.75, 3.05) is 12.4 Å². The number of hydrogen-bond donors (Lipinski definition) is 1. The molecule has 116 valence electrons. The third-order valence-corrected chi connectivity index (χ3v) is 3.35. The van der Waals surface area contributed by atoms with Gasteiger partial charge in [-0.1, -0.05) is 12.1 Å². The molecule has 3 aromatic rings. The van der Waals surface area contributed by atoms with Gasteiger partial charge in [0.25, 0.3) is 5.91 Å². The number of nitrogens with zero attached hydrogens (tertiary/aromatic N) is 4. The summed E-state index contributed by atoms with van der Waals surface area (Å²) in [5, 5.41) is 14.2. The van der Waals surface area contributed by atoms with Crippen LogP contribution in [0.2, 0.25) is 0 Å². The Bertz CT molecular complexity index is 826. The maximum Gasteiger partial charge on any atom is 0.255 e. The van der Waals surface area contributed by atoms with Crippen LogP contribution in [0.1, 0.15) is 10.4 Å². The van der Waals surface area contributed by atoms with E-state index < -0.39 is 0 Å². The zero-order valence-electron chi connectivity index (χ0n) is 12.7. The van der Waals surface area contributed by atoms with Gasteiger partial charge in [0.1, 0.15) is 5.75 Å². The molecule has 23 heavy (non-hydrogen) atoms. The monoisotopic (exact) mass is 309 g/mol. The Labute approximate surface area is 132 Å². The van der Waals surface area contributed by atoms with E-state index in [0.29, 0.717) is 22.8 Å². The molecule has 0 saturated carbocycles. The molecule has 0 fully saturated rings. The highest BCUT2D eigenvalue weighted by atomic mass is 16.5. The lowest BCUT2D eigenvalue weighted by atomic mass is 10.1. The Morgan fingerprint density at radius 1 is 1.17 bits per heavy atom. The number of nitrogens with one attached hydrogen (secondary N) is 1. The predicted molar refractivity (Wildman–Crippen MR) is 85.2 cm³/mol. The third-order valence-electron chi connectivity index (χ3n) is 3.35. The van der Waals surface area contributed by atoms with Gasteiger partial charge in [0.15, 0.2) is 5.82 Å². The van der Waals surface area contributed by atoms with Crippen LogP contribution < -0.4 is 10.1 Å². The third kappa shape index (κ3) is 3.18. The van der Waals surface area contributed by atoms with Crippen LogP contribution in [-0.2, 0) is 7.05 Å². The second kappa shape index (κ2) is 6.27. The van der Waals surface area contributed by atoms with Crippen molar-refractivity contribution in [1.82, 2.24) is 20.2 Å². The molecule has 0 radical (unpaired) electrons. The largest absolute Gasteiger partial charge is 0.497 e. The number of methoxy groups -OCH3 is 1. The van der Waals surface area contributed by atoms with Crippen LogP contribution in [-0.4, -0.2) is 33.2 Å². The summed E-state index contributed by atoms with van der Waals surface area (Å²) in [6.07, 6.45) is 0. The van der Waals surface area contributed by atoms with Crippen molar-refractivity contribution in [2.45, 2.75) is 0 Å². The van der Waals surface area contributed by atoms with Gasteiger partial charge >= 0.3 is 0 Å². The summed E-state index contributed by atoms with van der Waals surface area (Å²) in [5.41, 5.74) is 2.05. The molecule has 1 aromatic heterocycles. The Hall–Kier alpha value is -3.22. The molecule has 0 saturated heterocycles. The fraction of sp³-hybridized carbons (Fsp3) is 0.125. The van der Waals surface area contributed by atoms with Gasteiger partial charge in [-0.25, -0.2) is 4.68 Å². The molecule has 0 aliphatic rings. The number of benzene rings is 2. The number of aromatic nitrogens is 4. The fourth-order valence-electron chi connectivity index (χ4n) is 2.16. The summed E-state index contributed by atoms with van der Waals surface area (Å²) < 4.78 is 6.66. The Kier molecular flexibility index (Phi) is 4.01. The number of ether oxygens (including phenoxy) is 1. The molecular weight excluding hydrogens is 294 g/mol. The van der Waals surface area contributed by atoms with Crippen molar-refractivity contribution in [3.05, 3.63) is 54.1 Å². The highest BCUT2D eigenvalue weighted by Gasteiger charge is 2.09. The van der Waals surface area contributed by atoms with Crippen molar-refractivity contribution in [1.29, 1.82) is 0 Å². The van der Waals surface area contributed by atoms with Crippen molar-refractivity contribution < 1.29 is 9.53 Å². The van der Waals surface area contributed by atoms with E-state index in [0.717, 1.165) is 5.56 Å². The normalized spacial score (nSPS) is 10.3. The lowest BCUT2D eigenvalue weighted by molar-refractivity contribution is 0.102. The van der Waals surface area contributed by atoms with Gasteiger partial charge in [0, 0.05) is 23.9 Å². The van der Waals surface area contributed by atoms with E-state index in [1.807, 2.05) is 24.3 Å². The maximum atomic E-state index is 12.3. The molecule has 1 N–H and O–H groups in total. The Morgan fingerprint density at radius 2 is 1.96 bits per heavy atom. The minimum atomic E-state index is -0.194. The second-order valence-electron chi connectivity index (χ2n) is 4.89. The standard InChI is InChI=1S/C16H15N5O2/c1-21-15(18-19-20-21)12-4-3-5-13(10-12)17-16(22)11-6-8-14(23-2)9-7-11/h3-10H,1-2H3,(H,17,22). The van der Waals surface area contributed by atoms with Crippen molar-refractivity contribution in [2.24, 2.45) is 7.05 Å². The molecule has 0 atom stereocenters. The SMILES string of the molecule is COc1ccc(C(=O)Nc2cccc(-c3nnnn3C)c2)cc1. The van der Waals surface area contributed by atoms with Crippen molar-refractivity contribution >= 4 is 11.6 Å². The van der Waals surface area contributed by atoms with Crippen molar-refractivity contribution in [3.8, 4) is 17.1 Å². The fourth-order valence-corrected chi connectivity index (χ4v) is 2.16. The number of amides is 1. The van der Waals surface area contributed by atoms with Crippen LogP contribution in [0, 0.1) is 0 Å². The minimum absolute atomic E-state index is 0.194. The van der Waals surface area contributed by atoms with Crippen molar-refractivity contribution in [3.63, 3.8) is 0 Å². The summed E-state index contributed by atoms with van der Waals surface area (Å²) in [6.45, 7) is 0. The van der Waals surface area contributed by atoms with Crippen LogP contribution in [0.25, 0.3) is 11.4 Å². The Morgan fingerprint density at radius 3 is 2.61 bits per heavy atom. The molecule has 2 aromatic carbocycles. The molecular formula is C16H15N5O2. The summed E-state index contributed by atoms with van der Waals surface area (Å²) in [4.78, 5) is 12.3. The van der Waals surface area contributed by atoms with Crippen LogP contribution in [0.5, 0.6) is 5.75 Å². The number of carbonyl (C=O) groups excluding carboxylic acids is 1. The van der Waals surface area contributed by atoms with Crippen LogP contribution in [0.3, 0.4) is 0 Å². The first kappa shape index (κ1) is 14.7. The van der Waals surface area contributed by atoms with Gasteiger partial charge in [-0.2, -0.15) is 0 Å². The maximum absolute atomic E-state index is 12.3. The summed E-state index contributed by atoms with van der Waals surface area (Å²) >= 11 is 0. The highest BCUT2D eigenvalue weighted by molar-refractivity contribution is 6.04. The number of rotatable bonds is 4. The van der Waals surface area contributed by atoms with E-state index in [1.165, 1.54) is 0 Å². The van der Waals surface area contributed by atoms with Crippen LogP contribution >= 0.6 is 0 Å². The smallest absolute Gasteiger partial charge is 0.255 e. The first-order valence-electron chi connectivity index (χ1n) is 6.95. The topological polar surface area (TPSA) is 81.9 Å². The average molecular weight is 309 g/mol. The first-order valence-corrected chi connectivity index (χ1v) is 6.95. The predicted octanol–water partition coefficient (Wildman–Crippen LogP) is 2.14. The number of anilines is 1. The van der Waals surface area contributed by atoms with E-state index in [1.54, 1.807) is 43.1 Å². The molecule has 0 spiro atoms. The quantitative estimate of drug-likeness (QED) is 0.798. The highest BCUT2D eigenvalue weighted by Crippen LogP contribution is 2.20. The first-order chi connectivity index (χ1) is 11.2. The molecule has 0 unspecified atom stereocenters. The lowest BCUT2D eigenvalue weighted by Crippen LogP contribution is -2.11. The summed E-state index contributed by atoms with van der Waals surface area (Å²) in [6, 6.07) is 14.3. The number of tetrazole rings is 1. The van der Waals surface area contributed by atoms with Gasteiger partial charge in [-0.05, 0) is 46.8 Å². The van der Waals surface area contributed by atoms with Gasteiger partial charge < -0.3 is 10.1 Å². The second-order valence-corrected chi connectivity index (χ2v) is 4.89.